The van der Waals surface area contributed by atoms with Gasteiger partial charge in [0.15, 0.2) is 0 Å². The maximum Gasteiger partial charge on any atom is 0.248 e. The number of amides is 1. The third kappa shape index (κ3) is 4.29. The van der Waals surface area contributed by atoms with Gasteiger partial charge in [0, 0.05) is 31.7 Å². The Bertz CT molecular complexity index is 720. The second-order valence-electron chi connectivity index (χ2n) is 5.88. The number of nitrogen functional groups attached to an aromatic ring is 1. The molecule has 2 aromatic rings. The quantitative estimate of drug-likeness (QED) is 0.861. The van der Waals surface area contributed by atoms with Crippen molar-refractivity contribution in [3.8, 4) is 0 Å². The van der Waals surface area contributed by atoms with Crippen molar-refractivity contribution in [3.63, 3.8) is 0 Å². The number of morpholine rings is 1. The number of nitrogens with two attached hydrogens (primary N) is 2. The molecule has 1 aromatic carbocycles. The number of nitrogens with zero attached hydrogens (tertiary/aromatic N) is 3. The summed E-state index contributed by atoms with van der Waals surface area (Å²) in [6.07, 6.45) is 0.963. The second kappa shape index (κ2) is 8.82. The summed E-state index contributed by atoms with van der Waals surface area (Å²) in [4.78, 5) is 18.4. The van der Waals surface area contributed by atoms with Crippen molar-refractivity contribution >= 4 is 22.9 Å². The van der Waals surface area contributed by atoms with Crippen LogP contribution in [0.5, 0.6) is 0 Å². The van der Waals surface area contributed by atoms with Crippen molar-refractivity contribution < 1.29 is 9.53 Å². The van der Waals surface area contributed by atoms with Crippen LogP contribution in [0.2, 0.25) is 0 Å². The Hall–Kier alpha value is -2.12. The lowest BCUT2D eigenvalue weighted by Gasteiger charge is -2.27. The van der Waals surface area contributed by atoms with Gasteiger partial charge in [-0.15, -0.1) is 0 Å². The molecule has 0 spiro atoms. The Kier molecular flexibility index (Phi) is 6.78. The van der Waals surface area contributed by atoms with E-state index in [-0.39, 0.29) is 0 Å². The topological polar surface area (TPSA) is 99.4 Å². The molecule has 1 aliphatic rings. The molecule has 138 valence electrons. The molecule has 0 atom stereocenters. The molecule has 0 aliphatic carbocycles. The minimum atomic E-state index is -0.446. The lowest BCUT2D eigenvalue weighted by Crippen LogP contribution is -2.35. The number of fused-ring (bicyclic) bond motifs is 1. The van der Waals surface area contributed by atoms with Gasteiger partial charge in [0.05, 0.1) is 24.2 Å². The van der Waals surface area contributed by atoms with Gasteiger partial charge in [-0.3, -0.25) is 9.69 Å². The summed E-state index contributed by atoms with van der Waals surface area (Å²) in [6.45, 7) is 10.8. The molecule has 1 aromatic heterocycles. The molecule has 7 heteroatoms. The molecule has 0 bridgehead atoms. The van der Waals surface area contributed by atoms with Crippen LogP contribution in [-0.4, -0.2) is 46.7 Å². The predicted octanol–water partition coefficient (Wildman–Crippen LogP) is 1.99. The molecule has 0 unspecified atom stereocenters. The van der Waals surface area contributed by atoms with E-state index in [9.17, 15) is 4.79 Å². The smallest absolute Gasteiger partial charge is 0.248 e. The van der Waals surface area contributed by atoms with Crippen molar-refractivity contribution in [2.45, 2.75) is 40.3 Å². The van der Waals surface area contributed by atoms with E-state index in [1.165, 1.54) is 0 Å². The summed E-state index contributed by atoms with van der Waals surface area (Å²) < 4.78 is 7.42. The highest BCUT2D eigenvalue weighted by atomic mass is 16.5. The normalized spacial score (nSPS) is 15.0. The molecule has 0 saturated carbocycles. The van der Waals surface area contributed by atoms with E-state index in [2.05, 4.69) is 16.8 Å². The molecular formula is C18H29N5O2. The molecule has 3 rings (SSSR count). The van der Waals surface area contributed by atoms with Gasteiger partial charge in [-0.1, -0.05) is 20.8 Å². The molecule has 1 fully saturated rings. The highest BCUT2D eigenvalue weighted by Gasteiger charge is 2.18. The number of carbonyl (C=O) groups is 1. The van der Waals surface area contributed by atoms with Gasteiger partial charge in [0.2, 0.25) is 11.9 Å². The highest BCUT2D eigenvalue weighted by molar-refractivity contribution is 5.97. The molecule has 1 saturated heterocycles. The number of primary amides is 1. The van der Waals surface area contributed by atoms with Gasteiger partial charge in [0.25, 0.3) is 0 Å². The van der Waals surface area contributed by atoms with Crippen LogP contribution in [0, 0.1) is 0 Å². The number of aryl methyl sites for hydroxylation is 1. The fourth-order valence-corrected chi connectivity index (χ4v) is 3.09. The highest BCUT2D eigenvalue weighted by Crippen LogP contribution is 2.26. The maximum atomic E-state index is 11.6. The van der Waals surface area contributed by atoms with E-state index < -0.39 is 5.91 Å². The predicted molar refractivity (Wildman–Crippen MR) is 100 cm³/mol. The number of hydrogen-bond acceptors (Lipinski definition) is 5. The van der Waals surface area contributed by atoms with Crippen LogP contribution < -0.4 is 11.5 Å². The summed E-state index contributed by atoms with van der Waals surface area (Å²) in [5.74, 6) is 0.0328. The summed E-state index contributed by atoms with van der Waals surface area (Å²) in [5, 5.41) is 0. The summed E-state index contributed by atoms with van der Waals surface area (Å²) in [5.41, 5.74) is 14.8. The molecule has 1 aliphatic heterocycles. The minimum Gasteiger partial charge on any atom is -0.379 e. The average molecular weight is 347 g/mol. The maximum absolute atomic E-state index is 11.6. The van der Waals surface area contributed by atoms with Crippen molar-refractivity contribution in [1.29, 1.82) is 0 Å². The SMILES string of the molecule is CC.CCCn1c(N)nc2cc(C(N)=O)cc(CN3CCOCC3)c21. The monoisotopic (exact) mass is 347 g/mol. The number of anilines is 1. The van der Waals surface area contributed by atoms with Crippen LogP contribution in [0.15, 0.2) is 12.1 Å². The molecule has 0 radical (unpaired) electrons. The van der Waals surface area contributed by atoms with Gasteiger partial charge < -0.3 is 20.8 Å². The summed E-state index contributed by atoms with van der Waals surface area (Å²) in [7, 11) is 0. The Morgan fingerprint density at radius 1 is 1.28 bits per heavy atom. The summed E-state index contributed by atoms with van der Waals surface area (Å²) >= 11 is 0. The first-order chi connectivity index (χ1) is 12.1. The van der Waals surface area contributed by atoms with Crippen LogP contribution in [0.25, 0.3) is 11.0 Å². The zero-order valence-electron chi connectivity index (χ0n) is 15.4. The molecule has 1 amide bonds. The fourth-order valence-electron chi connectivity index (χ4n) is 3.09. The van der Waals surface area contributed by atoms with Crippen LogP contribution in [0.1, 0.15) is 43.1 Å². The first kappa shape index (κ1) is 19.2. The Morgan fingerprint density at radius 3 is 2.56 bits per heavy atom. The van der Waals surface area contributed by atoms with E-state index in [1.807, 2.05) is 24.5 Å². The van der Waals surface area contributed by atoms with E-state index in [0.717, 1.165) is 62.4 Å². The third-order valence-electron chi connectivity index (χ3n) is 4.18. The van der Waals surface area contributed by atoms with Crippen LogP contribution in [0.3, 0.4) is 0 Å². The first-order valence-electron chi connectivity index (χ1n) is 8.98. The van der Waals surface area contributed by atoms with Crippen molar-refractivity contribution in [2.24, 2.45) is 5.73 Å². The second-order valence-corrected chi connectivity index (χ2v) is 5.88. The molecule has 2 heterocycles. The molecule has 25 heavy (non-hydrogen) atoms. The fraction of sp³-hybridized carbons (Fsp3) is 0.556. The van der Waals surface area contributed by atoms with Gasteiger partial charge in [-0.25, -0.2) is 4.98 Å². The number of rotatable bonds is 5. The van der Waals surface area contributed by atoms with Gasteiger partial charge >= 0.3 is 0 Å². The van der Waals surface area contributed by atoms with Crippen LogP contribution in [0.4, 0.5) is 5.95 Å². The number of hydrogen-bond donors (Lipinski definition) is 2. The Morgan fingerprint density at radius 2 is 1.96 bits per heavy atom. The zero-order valence-corrected chi connectivity index (χ0v) is 15.4. The summed E-state index contributed by atoms with van der Waals surface area (Å²) in [6, 6.07) is 3.59. The number of aromatic nitrogens is 2. The Balaban J connectivity index is 0.00000109. The Labute approximate surface area is 148 Å². The first-order valence-corrected chi connectivity index (χ1v) is 8.98. The van der Waals surface area contributed by atoms with Crippen molar-refractivity contribution in [3.05, 3.63) is 23.3 Å². The van der Waals surface area contributed by atoms with E-state index >= 15 is 0 Å². The lowest BCUT2D eigenvalue weighted by atomic mass is 10.1. The zero-order chi connectivity index (χ0) is 18.4. The molecule has 4 N–H and O–H groups in total. The van der Waals surface area contributed by atoms with Crippen LogP contribution in [-0.2, 0) is 17.8 Å². The number of imidazole rings is 1. The average Bonchev–Trinajstić information content (AvgIpc) is 2.94. The molecular weight excluding hydrogens is 318 g/mol. The van der Waals surface area contributed by atoms with E-state index in [4.69, 9.17) is 16.2 Å². The standard InChI is InChI=1S/C16H23N5O2.C2H6/c1-2-3-21-14-12(10-20-4-6-23-7-5-20)8-11(15(17)22)9-13(14)19-16(21)18;1-2/h8-9H,2-7,10H2,1H3,(H2,17,22)(H2,18,19);1-2H3. The number of ether oxygens (including phenoxy) is 1. The lowest BCUT2D eigenvalue weighted by molar-refractivity contribution is 0.0343. The number of benzene rings is 1. The van der Waals surface area contributed by atoms with E-state index in [1.54, 1.807) is 6.07 Å². The minimum absolute atomic E-state index is 0.446. The number of carbonyl (C=O) groups excluding carboxylic acids is 1. The molecule has 7 nitrogen and oxygen atoms in total. The van der Waals surface area contributed by atoms with Crippen molar-refractivity contribution in [2.75, 3.05) is 32.0 Å². The van der Waals surface area contributed by atoms with E-state index in [0.29, 0.717) is 11.5 Å². The van der Waals surface area contributed by atoms with Crippen molar-refractivity contribution in [1.82, 2.24) is 14.5 Å². The van der Waals surface area contributed by atoms with Crippen LogP contribution >= 0.6 is 0 Å². The largest absolute Gasteiger partial charge is 0.379 e. The third-order valence-corrected chi connectivity index (χ3v) is 4.18. The van der Waals surface area contributed by atoms with Gasteiger partial charge in [-0.05, 0) is 24.1 Å². The van der Waals surface area contributed by atoms with Gasteiger partial charge in [-0.2, -0.15) is 0 Å². The van der Waals surface area contributed by atoms with Gasteiger partial charge in [0.1, 0.15) is 0 Å².